The van der Waals surface area contributed by atoms with Gasteiger partial charge in [0, 0.05) is 24.9 Å². The van der Waals surface area contributed by atoms with E-state index >= 15 is 0 Å². The third-order valence-electron chi connectivity index (χ3n) is 6.95. The van der Waals surface area contributed by atoms with Gasteiger partial charge in [-0.2, -0.15) is 0 Å². The quantitative estimate of drug-likeness (QED) is 0.436. The second kappa shape index (κ2) is 11.4. The van der Waals surface area contributed by atoms with Crippen LogP contribution in [0.25, 0.3) is 11.1 Å². The monoisotopic (exact) mass is 480 g/mol. The molecule has 0 bridgehead atoms. The number of aliphatic hydroxyl groups is 1. The van der Waals surface area contributed by atoms with Crippen LogP contribution in [-0.4, -0.2) is 53.5 Å². The summed E-state index contributed by atoms with van der Waals surface area (Å²) in [5.41, 5.74) is 4.64. The first-order chi connectivity index (χ1) is 16.9. The first-order valence-corrected chi connectivity index (χ1v) is 12.2. The van der Waals surface area contributed by atoms with E-state index in [0.29, 0.717) is 0 Å². The van der Waals surface area contributed by atoms with Crippen LogP contribution in [0.15, 0.2) is 48.5 Å². The third kappa shape index (κ3) is 6.19. The third-order valence-corrected chi connectivity index (χ3v) is 6.95. The number of fused-ring (bicyclic) bond motifs is 3. The smallest absolute Gasteiger partial charge is 0.407 e. The molecular formula is C27H32N2O6. The molecule has 3 atom stereocenters. The summed E-state index contributed by atoms with van der Waals surface area (Å²) in [6, 6.07) is 16.2. The van der Waals surface area contributed by atoms with Gasteiger partial charge in [0.15, 0.2) is 0 Å². The van der Waals surface area contributed by atoms with Gasteiger partial charge in [-0.05, 0) is 41.0 Å². The molecule has 0 spiro atoms. The Kier molecular flexibility index (Phi) is 8.02. The van der Waals surface area contributed by atoms with Crippen molar-refractivity contribution in [3.63, 3.8) is 0 Å². The summed E-state index contributed by atoms with van der Waals surface area (Å²) < 4.78 is 5.67. The maximum atomic E-state index is 12.7. The van der Waals surface area contributed by atoms with E-state index in [-0.39, 0.29) is 43.4 Å². The Hall–Kier alpha value is -3.39. The standard InChI is InChI=1S/C27H32N2O6/c30-18(14-26(32)33)15-28-25(31)13-17-7-1-6-12-24(17)29-27(34)35-16-23-21-10-4-2-8-19(21)20-9-3-5-11-22(20)23/h2-5,8-11,17-18,23-24,30H,1,6-7,12-16H2,(H,28,31)(H,29,34)(H,32,33)/t17-,18?,24-/m1/s1. The molecule has 0 radical (unpaired) electrons. The van der Waals surface area contributed by atoms with E-state index < -0.39 is 24.6 Å². The van der Waals surface area contributed by atoms with Gasteiger partial charge in [-0.25, -0.2) is 4.79 Å². The molecule has 0 aliphatic heterocycles. The second-order valence-corrected chi connectivity index (χ2v) is 9.38. The zero-order valence-electron chi connectivity index (χ0n) is 19.6. The minimum absolute atomic E-state index is 0.0155. The van der Waals surface area contributed by atoms with Crippen LogP contribution in [0.1, 0.15) is 55.6 Å². The fourth-order valence-corrected chi connectivity index (χ4v) is 5.25. The van der Waals surface area contributed by atoms with Crippen LogP contribution in [0, 0.1) is 5.92 Å². The molecular weight excluding hydrogens is 448 g/mol. The molecule has 2 amide bonds. The fourth-order valence-electron chi connectivity index (χ4n) is 5.25. The first-order valence-electron chi connectivity index (χ1n) is 12.2. The zero-order valence-corrected chi connectivity index (χ0v) is 19.6. The summed E-state index contributed by atoms with van der Waals surface area (Å²) in [6.45, 7) is 0.127. The van der Waals surface area contributed by atoms with Gasteiger partial charge in [0.05, 0.1) is 12.5 Å². The van der Waals surface area contributed by atoms with Crippen LogP contribution >= 0.6 is 0 Å². The van der Waals surface area contributed by atoms with Crippen molar-refractivity contribution in [3.05, 3.63) is 59.7 Å². The van der Waals surface area contributed by atoms with Crippen molar-refractivity contribution in [2.75, 3.05) is 13.2 Å². The van der Waals surface area contributed by atoms with Crippen LogP contribution in [0.4, 0.5) is 4.79 Å². The highest BCUT2D eigenvalue weighted by atomic mass is 16.5. The minimum atomic E-state index is -1.13. The van der Waals surface area contributed by atoms with Gasteiger partial charge in [-0.3, -0.25) is 9.59 Å². The van der Waals surface area contributed by atoms with E-state index in [1.165, 1.54) is 11.1 Å². The molecule has 1 fully saturated rings. The van der Waals surface area contributed by atoms with Gasteiger partial charge >= 0.3 is 12.1 Å². The SMILES string of the molecule is O=C(O)CC(O)CNC(=O)C[C@H]1CCCC[C@H]1NC(=O)OCC1c2ccccc2-c2ccccc21. The molecule has 1 saturated carbocycles. The number of ether oxygens (including phenoxy) is 1. The summed E-state index contributed by atoms with van der Waals surface area (Å²) in [6.07, 6.45) is 1.68. The number of benzene rings is 2. The van der Waals surface area contributed by atoms with Crippen LogP contribution in [-0.2, 0) is 14.3 Å². The summed E-state index contributed by atoms with van der Waals surface area (Å²) >= 11 is 0. The van der Waals surface area contributed by atoms with E-state index in [2.05, 4.69) is 34.9 Å². The van der Waals surface area contributed by atoms with E-state index in [1.54, 1.807) is 0 Å². The number of hydrogen-bond acceptors (Lipinski definition) is 5. The largest absolute Gasteiger partial charge is 0.481 e. The van der Waals surface area contributed by atoms with Crippen molar-refractivity contribution in [2.45, 2.75) is 56.6 Å². The summed E-state index contributed by atoms with van der Waals surface area (Å²) in [5.74, 6) is -1.44. The Labute approximate surface area is 204 Å². The number of aliphatic hydroxyl groups excluding tert-OH is 1. The summed E-state index contributed by atoms with van der Waals surface area (Å²) in [7, 11) is 0. The number of carboxylic acids is 1. The lowest BCUT2D eigenvalue weighted by Crippen LogP contribution is -2.44. The maximum Gasteiger partial charge on any atom is 0.407 e. The van der Waals surface area contributed by atoms with Crippen LogP contribution in [0.3, 0.4) is 0 Å². The number of hydrogen-bond donors (Lipinski definition) is 4. The lowest BCUT2D eigenvalue weighted by molar-refractivity contribution is -0.139. The molecule has 8 nitrogen and oxygen atoms in total. The number of alkyl carbamates (subject to hydrolysis) is 1. The molecule has 8 heteroatoms. The van der Waals surface area contributed by atoms with E-state index in [4.69, 9.17) is 9.84 Å². The average molecular weight is 481 g/mol. The van der Waals surface area contributed by atoms with Crippen molar-refractivity contribution >= 4 is 18.0 Å². The Bertz CT molecular complexity index is 1030. The predicted molar refractivity (Wildman–Crippen MR) is 130 cm³/mol. The van der Waals surface area contributed by atoms with Gasteiger partial charge in [0.2, 0.25) is 5.91 Å². The number of rotatable bonds is 9. The Morgan fingerprint density at radius 3 is 2.26 bits per heavy atom. The molecule has 2 aliphatic rings. The summed E-state index contributed by atoms with van der Waals surface area (Å²) in [4.78, 5) is 35.7. The molecule has 2 aromatic rings. The Morgan fingerprint density at radius 2 is 1.60 bits per heavy atom. The summed E-state index contributed by atoms with van der Waals surface area (Å²) in [5, 5.41) is 23.9. The molecule has 0 heterocycles. The number of carbonyl (C=O) groups is 3. The molecule has 4 N–H and O–H groups in total. The molecule has 4 rings (SSSR count). The van der Waals surface area contributed by atoms with E-state index in [9.17, 15) is 19.5 Å². The molecule has 1 unspecified atom stereocenters. The lowest BCUT2D eigenvalue weighted by Gasteiger charge is -2.31. The van der Waals surface area contributed by atoms with Crippen LogP contribution < -0.4 is 10.6 Å². The number of nitrogens with one attached hydrogen (secondary N) is 2. The molecule has 35 heavy (non-hydrogen) atoms. The fraction of sp³-hybridized carbons (Fsp3) is 0.444. The first kappa shape index (κ1) is 24.7. The van der Waals surface area contributed by atoms with Gasteiger partial charge < -0.3 is 25.6 Å². The van der Waals surface area contributed by atoms with Gasteiger partial charge in [0.25, 0.3) is 0 Å². The second-order valence-electron chi connectivity index (χ2n) is 9.38. The lowest BCUT2D eigenvalue weighted by atomic mass is 9.82. The minimum Gasteiger partial charge on any atom is -0.481 e. The molecule has 2 aromatic carbocycles. The highest BCUT2D eigenvalue weighted by Crippen LogP contribution is 2.44. The highest BCUT2D eigenvalue weighted by molar-refractivity contribution is 5.79. The number of aliphatic carboxylic acids is 1. The number of carbonyl (C=O) groups excluding carboxylic acids is 2. The van der Waals surface area contributed by atoms with Crippen molar-refractivity contribution in [2.24, 2.45) is 5.92 Å². The number of amides is 2. The zero-order chi connectivity index (χ0) is 24.8. The van der Waals surface area contributed by atoms with Gasteiger partial charge in [-0.15, -0.1) is 0 Å². The van der Waals surface area contributed by atoms with Crippen molar-refractivity contribution in [1.29, 1.82) is 0 Å². The molecule has 0 saturated heterocycles. The molecule has 186 valence electrons. The Balaban J connectivity index is 1.30. The van der Waals surface area contributed by atoms with Crippen molar-refractivity contribution in [1.82, 2.24) is 10.6 Å². The number of carboxylic acid groups (broad SMARTS) is 1. The average Bonchev–Trinajstić information content (AvgIpc) is 3.16. The van der Waals surface area contributed by atoms with E-state index in [0.717, 1.165) is 36.8 Å². The van der Waals surface area contributed by atoms with Gasteiger partial charge in [-0.1, -0.05) is 61.4 Å². The van der Waals surface area contributed by atoms with Gasteiger partial charge in [0.1, 0.15) is 6.61 Å². The molecule has 2 aliphatic carbocycles. The van der Waals surface area contributed by atoms with E-state index in [1.807, 2.05) is 24.3 Å². The maximum absolute atomic E-state index is 12.7. The molecule has 0 aromatic heterocycles. The van der Waals surface area contributed by atoms with Crippen molar-refractivity contribution in [3.8, 4) is 11.1 Å². The Morgan fingerprint density at radius 1 is 0.971 bits per heavy atom. The van der Waals surface area contributed by atoms with Crippen molar-refractivity contribution < 1.29 is 29.3 Å². The van der Waals surface area contributed by atoms with Crippen LogP contribution in [0.2, 0.25) is 0 Å². The normalized spacial score (nSPS) is 19.8. The predicted octanol–water partition coefficient (Wildman–Crippen LogP) is 3.43. The highest BCUT2D eigenvalue weighted by Gasteiger charge is 2.31. The topological polar surface area (TPSA) is 125 Å². The van der Waals surface area contributed by atoms with Crippen LogP contribution in [0.5, 0.6) is 0 Å².